The molecule has 0 bridgehead atoms. The highest BCUT2D eigenvalue weighted by Crippen LogP contribution is 2.39. The first-order chi connectivity index (χ1) is 14.4. The summed E-state index contributed by atoms with van der Waals surface area (Å²) in [6.07, 6.45) is -0.701. The van der Waals surface area contributed by atoms with Gasteiger partial charge in [-0.1, -0.05) is 6.07 Å². The molecule has 30 heavy (non-hydrogen) atoms. The van der Waals surface area contributed by atoms with Crippen LogP contribution in [0.5, 0.6) is 0 Å². The molecular weight excluding hydrogens is 395 g/mol. The minimum Gasteiger partial charge on any atom is -0.359 e. The predicted molar refractivity (Wildman–Crippen MR) is 103 cm³/mol. The number of hydrogen-bond donors (Lipinski definition) is 3. The molecule has 1 aromatic carbocycles. The van der Waals surface area contributed by atoms with Crippen molar-refractivity contribution in [2.45, 2.75) is 25.1 Å². The Morgan fingerprint density at radius 2 is 2.03 bits per heavy atom. The number of hydrogen-bond acceptors (Lipinski definition) is 6. The first kappa shape index (κ1) is 19.7. The van der Waals surface area contributed by atoms with Crippen LogP contribution in [0.2, 0.25) is 0 Å². The Balaban J connectivity index is 1.85. The minimum absolute atomic E-state index is 0.0229. The second-order valence-electron chi connectivity index (χ2n) is 6.98. The van der Waals surface area contributed by atoms with Gasteiger partial charge in [-0.2, -0.15) is 23.7 Å². The molecule has 7 nitrogen and oxygen atoms in total. The second kappa shape index (κ2) is 7.65. The Hall–Kier alpha value is -3.63. The van der Waals surface area contributed by atoms with Crippen LogP contribution in [0.15, 0.2) is 24.5 Å². The molecular formula is C20H16F3N7. The fourth-order valence-electron chi connectivity index (χ4n) is 3.63. The number of rotatable bonds is 3. The lowest BCUT2D eigenvalue weighted by atomic mass is 10.0. The van der Waals surface area contributed by atoms with E-state index in [9.17, 15) is 23.7 Å². The van der Waals surface area contributed by atoms with Gasteiger partial charge in [0.1, 0.15) is 17.7 Å². The molecule has 3 heterocycles. The van der Waals surface area contributed by atoms with Gasteiger partial charge in [0.25, 0.3) is 0 Å². The Bertz CT molecular complexity index is 1180. The number of alkyl halides is 3. The van der Waals surface area contributed by atoms with Crippen molar-refractivity contribution < 1.29 is 13.2 Å². The van der Waals surface area contributed by atoms with Crippen molar-refractivity contribution >= 4 is 16.9 Å². The summed E-state index contributed by atoms with van der Waals surface area (Å²) < 4.78 is 41.0. The van der Waals surface area contributed by atoms with Gasteiger partial charge in [0.05, 0.1) is 22.3 Å². The molecule has 1 atom stereocenters. The number of aromatic nitrogens is 3. The molecule has 0 spiro atoms. The van der Waals surface area contributed by atoms with E-state index in [1.54, 1.807) is 0 Å². The van der Waals surface area contributed by atoms with Crippen LogP contribution < -0.4 is 10.6 Å². The SMILES string of the molecule is N#Cc1ccc2c(-c3nc(N[C@H]4CCCNC4)ncc3C(F)(F)F)c[nH]c2c1C#N. The normalized spacial score (nSPS) is 16.8. The number of aromatic amines is 1. The Morgan fingerprint density at radius 3 is 2.70 bits per heavy atom. The first-order valence-corrected chi connectivity index (χ1v) is 9.28. The van der Waals surface area contributed by atoms with Crippen molar-refractivity contribution in [3.63, 3.8) is 0 Å². The maximum absolute atomic E-state index is 13.7. The number of H-pyrrole nitrogens is 1. The largest absolute Gasteiger partial charge is 0.419 e. The van der Waals surface area contributed by atoms with Crippen LogP contribution in [0.4, 0.5) is 19.1 Å². The van der Waals surface area contributed by atoms with E-state index in [1.165, 1.54) is 18.3 Å². The third-order valence-corrected chi connectivity index (χ3v) is 5.07. The Labute approximate surface area is 169 Å². The molecule has 0 aliphatic carbocycles. The van der Waals surface area contributed by atoms with E-state index < -0.39 is 11.7 Å². The van der Waals surface area contributed by atoms with E-state index in [4.69, 9.17) is 0 Å². The van der Waals surface area contributed by atoms with E-state index in [-0.39, 0.29) is 34.4 Å². The maximum Gasteiger partial charge on any atom is 0.419 e. The molecule has 1 saturated heterocycles. The number of piperidine rings is 1. The van der Waals surface area contributed by atoms with E-state index in [1.807, 2.05) is 12.1 Å². The summed E-state index contributed by atoms with van der Waals surface area (Å²) >= 11 is 0. The van der Waals surface area contributed by atoms with Gasteiger partial charge in [-0.15, -0.1) is 0 Å². The zero-order valence-corrected chi connectivity index (χ0v) is 15.6. The zero-order valence-electron chi connectivity index (χ0n) is 15.6. The van der Waals surface area contributed by atoms with Crippen LogP contribution in [0.3, 0.4) is 0 Å². The number of fused-ring (bicyclic) bond motifs is 1. The van der Waals surface area contributed by atoms with Gasteiger partial charge < -0.3 is 15.6 Å². The van der Waals surface area contributed by atoms with Gasteiger partial charge in [0.2, 0.25) is 5.95 Å². The van der Waals surface area contributed by atoms with Crippen LogP contribution >= 0.6 is 0 Å². The summed E-state index contributed by atoms with van der Waals surface area (Å²) in [6.45, 7) is 1.58. The topological polar surface area (TPSA) is 113 Å². The van der Waals surface area contributed by atoms with E-state index in [2.05, 4.69) is 25.6 Å². The van der Waals surface area contributed by atoms with Crippen molar-refractivity contribution in [1.82, 2.24) is 20.3 Å². The third kappa shape index (κ3) is 3.53. The molecule has 1 fully saturated rings. The predicted octanol–water partition coefficient (Wildman–Crippen LogP) is 3.55. The Kier molecular flexibility index (Phi) is 5.02. The van der Waals surface area contributed by atoms with Crippen LogP contribution in [0, 0.1) is 22.7 Å². The van der Waals surface area contributed by atoms with Crippen LogP contribution in [-0.2, 0) is 6.18 Å². The van der Waals surface area contributed by atoms with Crippen molar-refractivity contribution in [3.05, 3.63) is 41.2 Å². The van der Waals surface area contributed by atoms with Gasteiger partial charge in [-0.25, -0.2) is 9.97 Å². The lowest BCUT2D eigenvalue weighted by Crippen LogP contribution is -2.38. The van der Waals surface area contributed by atoms with Gasteiger partial charge in [-0.3, -0.25) is 0 Å². The van der Waals surface area contributed by atoms with Crippen molar-refractivity contribution in [1.29, 1.82) is 10.5 Å². The first-order valence-electron chi connectivity index (χ1n) is 9.28. The zero-order chi connectivity index (χ0) is 21.3. The summed E-state index contributed by atoms with van der Waals surface area (Å²) in [5.74, 6) is 0.107. The average Bonchev–Trinajstić information content (AvgIpc) is 3.17. The highest BCUT2D eigenvalue weighted by atomic mass is 19.4. The minimum atomic E-state index is -4.66. The highest BCUT2D eigenvalue weighted by molar-refractivity contribution is 5.99. The van der Waals surface area contributed by atoms with Crippen LogP contribution in [0.1, 0.15) is 29.5 Å². The molecule has 0 saturated carbocycles. The summed E-state index contributed by atoms with van der Waals surface area (Å²) in [5, 5.41) is 25.3. The molecule has 1 aliphatic rings. The summed E-state index contributed by atoms with van der Waals surface area (Å²) in [4.78, 5) is 10.9. The van der Waals surface area contributed by atoms with Crippen LogP contribution in [-0.4, -0.2) is 34.1 Å². The van der Waals surface area contributed by atoms with Crippen molar-refractivity contribution in [2.24, 2.45) is 0 Å². The molecule has 0 amide bonds. The lowest BCUT2D eigenvalue weighted by Gasteiger charge is -2.24. The molecule has 0 unspecified atom stereocenters. The summed E-state index contributed by atoms with van der Waals surface area (Å²) in [7, 11) is 0. The van der Waals surface area contributed by atoms with Crippen molar-refractivity contribution in [3.8, 4) is 23.4 Å². The summed E-state index contributed by atoms with van der Waals surface area (Å²) in [5.41, 5.74) is -0.559. The van der Waals surface area contributed by atoms with Gasteiger partial charge in [-0.05, 0) is 25.5 Å². The third-order valence-electron chi connectivity index (χ3n) is 5.07. The molecule has 152 valence electrons. The number of nitriles is 2. The molecule has 4 rings (SSSR count). The molecule has 2 aromatic heterocycles. The quantitative estimate of drug-likeness (QED) is 0.608. The molecule has 3 N–H and O–H groups in total. The fraction of sp³-hybridized carbons (Fsp3) is 0.300. The standard InChI is InChI=1S/C20H16F3N7/c21-20(22,23)16-10-28-19(29-12-2-1-5-26-8-12)30-18(16)15-9-27-17-13(15)4-3-11(6-24)14(17)7-25/h3-4,9-10,12,26-27H,1-2,5,8H2,(H,28,29,30)/t12-/m0/s1. The molecule has 1 aliphatic heterocycles. The number of benzene rings is 1. The van der Waals surface area contributed by atoms with E-state index in [0.29, 0.717) is 17.4 Å². The molecule has 10 heteroatoms. The number of halogens is 3. The second-order valence-corrected chi connectivity index (χ2v) is 6.98. The number of anilines is 1. The summed E-state index contributed by atoms with van der Waals surface area (Å²) in [6, 6.07) is 6.80. The van der Waals surface area contributed by atoms with Crippen LogP contribution in [0.25, 0.3) is 22.2 Å². The van der Waals surface area contributed by atoms with Gasteiger partial charge in [0.15, 0.2) is 0 Å². The lowest BCUT2D eigenvalue weighted by molar-refractivity contribution is -0.137. The Morgan fingerprint density at radius 1 is 1.20 bits per heavy atom. The van der Waals surface area contributed by atoms with E-state index in [0.717, 1.165) is 25.6 Å². The fourth-order valence-corrected chi connectivity index (χ4v) is 3.63. The van der Waals surface area contributed by atoms with E-state index >= 15 is 0 Å². The van der Waals surface area contributed by atoms with Crippen molar-refractivity contribution in [2.75, 3.05) is 18.4 Å². The van der Waals surface area contributed by atoms with Gasteiger partial charge in [0, 0.05) is 35.9 Å². The maximum atomic E-state index is 13.7. The monoisotopic (exact) mass is 411 g/mol. The molecule has 3 aromatic rings. The van der Waals surface area contributed by atoms with Gasteiger partial charge >= 0.3 is 6.18 Å². The average molecular weight is 411 g/mol. The molecule has 0 radical (unpaired) electrons. The number of nitrogens with one attached hydrogen (secondary N) is 3. The number of nitrogens with zero attached hydrogens (tertiary/aromatic N) is 4. The highest BCUT2D eigenvalue weighted by Gasteiger charge is 2.36. The smallest absolute Gasteiger partial charge is 0.359 e.